The second-order valence-corrected chi connectivity index (χ2v) is 6.07. The fourth-order valence-electron chi connectivity index (χ4n) is 1.92. The van der Waals surface area contributed by atoms with Crippen LogP contribution in [0.4, 0.5) is 5.13 Å². The van der Waals surface area contributed by atoms with Crippen molar-refractivity contribution in [2.75, 3.05) is 11.9 Å². The first-order valence-corrected chi connectivity index (χ1v) is 7.41. The maximum absolute atomic E-state index is 4.50. The van der Waals surface area contributed by atoms with Crippen molar-refractivity contribution in [2.24, 2.45) is 0 Å². The number of thiazole rings is 1. The number of anilines is 1. The number of hydrogen-bond donors (Lipinski definition) is 1. The van der Waals surface area contributed by atoms with Gasteiger partial charge in [0.25, 0.3) is 0 Å². The third-order valence-corrected chi connectivity index (χ3v) is 4.29. The Kier molecular flexibility index (Phi) is 3.75. The van der Waals surface area contributed by atoms with Gasteiger partial charge in [-0.2, -0.15) is 0 Å². The van der Waals surface area contributed by atoms with E-state index in [-0.39, 0.29) is 0 Å². The van der Waals surface area contributed by atoms with E-state index in [9.17, 15) is 0 Å². The summed E-state index contributed by atoms with van der Waals surface area (Å²) in [5.74, 6) is 0. The maximum Gasteiger partial charge on any atom is 0.185 e. The molecule has 1 aliphatic rings. The van der Waals surface area contributed by atoms with E-state index in [1.54, 1.807) is 11.3 Å². The van der Waals surface area contributed by atoms with E-state index in [4.69, 9.17) is 0 Å². The summed E-state index contributed by atoms with van der Waals surface area (Å²) in [4.78, 5) is 12.0. The second-order valence-electron chi connectivity index (χ2n) is 4.98. The van der Waals surface area contributed by atoms with Crippen molar-refractivity contribution in [3.05, 3.63) is 41.2 Å². The van der Waals surface area contributed by atoms with Crippen LogP contribution in [0, 0.1) is 0 Å². The summed E-state index contributed by atoms with van der Waals surface area (Å²) in [6, 6.07) is 4.83. The number of aromatic nitrogens is 2. The Morgan fingerprint density at radius 3 is 2.89 bits per heavy atom. The quantitative estimate of drug-likeness (QED) is 0.878. The fourth-order valence-corrected chi connectivity index (χ4v) is 2.74. The van der Waals surface area contributed by atoms with E-state index in [0.29, 0.717) is 0 Å². The first-order valence-electron chi connectivity index (χ1n) is 6.59. The number of hydrogen-bond acceptors (Lipinski definition) is 5. The lowest BCUT2D eigenvalue weighted by atomic mass is 10.2. The zero-order valence-electron chi connectivity index (χ0n) is 11.0. The minimum absolute atomic E-state index is 0.750. The molecule has 5 heteroatoms. The third kappa shape index (κ3) is 3.52. The van der Waals surface area contributed by atoms with Gasteiger partial charge in [-0.1, -0.05) is 0 Å². The van der Waals surface area contributed by atoms with Gasteiger partial charge >= 0.3 is 0 Å². The van der Waals surface area contributed by atoms with E-state index in [2.05, 4.69) is 27.2 Å². The molecule has 0 saturated heterocycles. The van der Waals surface area contributed by atoms with Gasteiger partial charge in [0.2, 0.25) is 0 Å². The average molecular weight is 274 g/mol. The lowest BCUT2D eigenvalue weighted by molar-refractivity contribution is 0.694. The summed E-state index contributed by atoms with van der Waals surface area (Å²) < 4.78 is 0. The van der Waals surface area contributed by atoms with E-state index >= 15 is 0 Å². The molecule has 2 aromatic rings. The molecule has 0 radical (unpaired) electrons. The van der Waals surface area contributed by atoms with Gasteiger partial charge in [-0.25, -0.2) is 4.98 Å². The molecule has 100 valence electrons. The Balaban J connectivity index is 1.58. The van der Waals surface area contributed by atoms with Crippen LogP contribution in [0.25, 0.3) is 0 Å². The molecule has 0 aliphatic heterocycles. The van der Waals surface area contributed by atoms with Crippen molar-refractivity contribution in [3.8, 4) is 0 Å². The highest BCUT2D eigenvalue weighted by Gasteiger charge is 2.20. The number of nitrogens with one attached hydrogen (secondary N) is 1. The van der Waals surface area contributed by atoms with Gasteiger partial charge in [0, 0.05) is 49.6 Å². The summed E-state index contributed by atoms with van der Waals surface area (Å²) in [5.41, 5.74) is 1.25. The van der Waals surface area contributed by atoms with Crippen LogP contribution in [0.3, 0.4) is 0 Å². The summed E-state index contributed by atoms with van der Waals surface area (Å²) in [6.45, 7) is 1.82. The highest BCUT2D eigenvalue weighted by Crippen LogP contribution is 2.24. The molecule has 0 unspecified atom stereocenters. The monoisotopic (exact) mass is 274 g/mol. The van der Waals surface area contributed by atoms with Gasteiger partial charge in [0.15, 0.2) is 5.13 Å². The molecule has 0 aromatic carbocycles. The van der Waals surface area contributed by atoms with Crippen LogP contribution in [0.5, 0.6) is 0 Å². The SMILES string of the molecule is CN(Cc1ccncc1)c1ncc(CNC2CC2)s1. The topological polar surface area (TPSA) is 41.1 Å². The number of nitrogens with zero attached hydrogens (tertiary/aromatic N) is 3. The Bertz CT molecular complexity index is 521. The van der Waals surface area contributed by atoms with Crippen LogP contribution in [0.2, 0.25) is 0 Å². The van der Waals surface area contributed by atoms with Gasteiger partial charge in [-0.05, 0) is 30.5 Å². The molecule has 0 amide bonds. The van der Waals surface area contributed by atoms with Crippen molar-refractivity contribution >= 4 is 16.5 Å². The number of rotatable bonds is 6. The van der Waals surface area contributed by atoms with Gasteiger partial charge < -0.3 is 10.2 Å². The highest BCUT2D eigenvalue weighted by molar-refractivity contribution is 7.15. The first kappa shape index (κ1) is 12.6. The summed E-state index contributed by atoms with van der Waals surface area (Å²) in [6.07, 6.45) is 8.30. The predicted molar refractivity (Wildman–Crippen MR) is 78.3 cm³/mol. The Hall–Kier alpha value is -1.46. The van der Waals surface area contributed by atoms with Crippen molar-refractivity contribution in [3.63, 3.8) is 0 Å². The summed E-state index contributed by atoms with van der Waals surface area (Å²) in [7, 11) is 2.08. The van der Waals surface area contributed by atoms with Crippen LogP contribution in [-0.2, 0) is 13.1 Å². The highest BCUT2D eigenvalue weighted by atomic mass is 32.1. The average Bonchev–Trinajstić information content (AvgIpc) is 3.14. The molecule has 1 N–H and O–H groups in total. The zero-order chi connectivity index (χ0) is 13.1. The fraction of sp³-hybridized carbons (Fsp3) is 0.429. The molecule has 1 fully saturated rings. The van der Waals surface area contributed by atoms with E-state index in [1.807, 2.05) is 30.7 Å². The molecule has 2 heterocycles. The van der Waals surface area contributed by atoms with Crippen LogP contribution in [0.15, 0.2) is 30.7 Å². The predicted octanol–water partition coefficient (Wildman–Crippen LogP) is 2.43. The smallest absolute Gasteiger partial charge is 0.185 e. The Morgan fingerprint density at radius 2 is 2.16 bits per heavy atom. The van der Waals surface area contributed by atoms with E-state index in [1.165, 1.54) is 23.3 Å². The molecule has 2 aromatic heterocycles. The standard InChI is InChI=1S/C14H18N4S/c1-18(10-11-4-6-15-7-5-11)14-17-9-13(19-14)8-16-12-2-3-12/h4-7,9,12,16H,2-3,8,10H2,1H3. The van der Waals surface area contributed by atoms with Gasteiger partial charge in [0.1, 0.15) is 0 Å². The lowest BCUT2D eigenvalue weighted by Gasteiger charge is -2.15. The Morgan fingerprint density at radius 1 is 1.37 bits per heavy atom. The van der Waals surface area contributed by atoms with Crippen molar-refractivity contribution in [1.82, 2.24) is 15.3 Å². The third-order valence-electron chi connectivity index (χ3n) is 3.18. The minimum Gasteiger partial charge on any atom is -0.347 e. The molecule has 0 bridgehead atoms. The molecule has 3 rings (SSSR count). The first-order chi connectivity index (χ1) is 9.31. The molecule has 1 aliphatic carbocycles. The van der Waals surface area contributed by atoms with Crippen molar-refractivity contribution < 1.29 is 0 Å². The van der Waals surface area contributed by atoms with Crippen LogP contribution in [0.1, 0.15) is 23.3 Å². The molecule has 19 heavy (non-hydrogen) atoms. The minimum atomic E-state index is 0.750. The van der Waals surface area contributed by atoms with Gasteiger partial charge in [0.05, 0.1) is 0 Å². The summed E-state index contributed by atoms with van der Waals surface area (Å²) in [5, 5.41) is 4.59. The van der Waals surface area contributed by atoms with E-state index < -0.39 is 0 Å². The van der Waals surface area contributed by atoms with Crippen LogP contribution < -0.4 is 10.2 Å². The van der Waals surface area contributed by atoms with E-state index in [0.717, 1.165) is 24.3 Å². The zero-order valence-corrected chi connectivity index (χ0v) is 11.9. The second kappa shape index (κ2) is 5.67. The molecule has 4 nitrogen and oxygen atoms in total. The normalized spacial score (nSPS) is 14.6. The molecule has 0 atom stereocenters. The summed E-state index contributed by atoms with van der Waals surface area (Å²) >= 11 is 1.77. The number of pyridine rings is 1. The maximum atomic E-state index is 4.50. The molecular weight excluding hydrogens is 256 g/mol. The molecular formula is C14H18N4S. The molecule has 0 spiro atoms. The lowest BCUT2D eigenvalue weighted by Crippen LogP contribution is -2.16. The van der Waals surface area contributed by atoms with Gasteiger partial charge in [-0.15, -0.1) is 11.3 Å². The van der Waals surface area contributed by atoms with Crippen LogP contribution >= 0.6 is 11.3 Å². The van der Waals surface area contributed by atoms with Crippen molar-refractivity contribution in [1.29, 1.82) is 0 Å². The molecule has 1 saturated carbocycles. The van der Waals surface area contributed by atoms with Crippen LogP contribution in [-0.4, -0.2) is 23.1 Å². The van der Waals surface area contributed by atoms with Gasteiger partial charge in [-0.3, -0.25) is 4.98 Å². The Labute approximate surface area is 117 Å². The van der Waals surface area contributed by atoms with Crippen molar-refractivity contribution in [2.45, 2.75) is 32.0 Å². The largest absolute Gasteiger partial charge is 0.347 e.